The molecule has 0 spiro atoms. The molecule has 0 fully saturated rings. The Balaban J connectivity index is 4.05. The van der Waals surface area contributed by atoms with Gasteiger partial charge in [-0.05, 0) is 51.9 Å². The molecule has 0 radical (unpaired) electrons. The Morgan fingerprint density at radius 2 is 0.906 bits per heavy atom. The monoisotopic (exact) mass is 771 g/mol. The molecule has 0 saturated heterocycles. The minimum Gasteiger partial charge on any atom is -0.462 e. The van der Waals surface area contributed by atoms with Crippen molar-refractivity contribution in [3.8, 4) is 0 Å². The number of phosphoric acid groups is 1. The summed E-state index contributed by atoms with van der Waals surface area (Å²) in [6.07, 6.45) is 43.7. The number of phosphoric ester groups is 1. The van der Waals surface area contributed by atoms with E-state index in [2.05, 4.69) is 38.2 Å². The summed E-state index contributed by atoms with van der Waals surface area (Å²) in [7, 11) is -4.28. The van der Waals surface area contributed by atoms with Crippen LogP contribution in [0.3, 0.4) is 0 Å². The molecular formula is C44H83O8P. The molecule has 0 aliphatic rings. The zero-order valence-corrected chi connectivity index (χ0v) is 35.6. The number of carbonyl (C=O) groups is 2. The maximum Gasteiger partial charge on any atom is 0.472 e. The third kappa shape index (κ3) is 40.0. The Morgan fingerprint density at radius 1 is 0.509 bits per heavy atom. The number of unbranched alkanes of at least 4 members (excludes halogenated alkanes) is 25. The van der Waals surface area contributed by atoms with E-state index in [0.29, 0.717) is 12.8 Å². The number of hydrogen-bond donors (Lipinski definition) is 1. The van der Waals surface area contributed by atoms with E-state index in [0.717, 1.165) is 44.9 Å². The highest BCUT2D eigenvalue weighted by Gasteiger charge is 2.25. The molecule has 9 heteroatoms. The molecule has 0 aliphatic carbocycles. The predicted octanol–water partition coefficient (Wildman–Crippen LogP) is 13.8. The van der Waals surface area contributed by atoms with Crippen LogP contribution >= 0.6 is 7.82 Å². The molecule has 0 amide bonds. The summed E-state index contributed by atoms with van der Waals surface area (Å²) in [5.74, 6) is -0.793. The third-order valence-corrected chi connectivity index (χ3v) is 10.6. The van der Waals surface area contributed by atoms with Gasteiger partial charge in [0, 0.05) is 12.8 Å². The third-order valence-electron chi connectivity index (χ3n) is 9.51. The fourth-order valence-corrected chi connectivity index (χ4v) is 7.00. The minimum atomic E-state index is -4.28. The highest BCUT2D eigenvalue weighted by molar-refractivity contribution is 7.47. The van der Waals surface area contributed by atoms with Gasteiger partial charge in [-0.2, -0.15) is 0 Å². The standard InChI is InChI=1S/C44H83O8P/c1-4-7-9-11-13-15-17-19-21-22-23-24-25-27-29-31-33-35-37-39-44(46)52-42(41-51-53(47,48)50-6-3)40-49-43(45)38-36-34-32-30-28-26-20-18-16-14-12-10-8-5-2/h13,15,19,21,42H,4-12,14,16-18,20,22-41H2,1-3H3,(H,47,48)/b15-13-,21-19-. The second-order valence-corrected chi connectivity index (χ2v) is 16.2. The van der Waals surface area contributed by atoms with Crippen molar-refractivity contribution in [2.75, 3.05) is 19.8 Å². The lowest BCUT2D eigenvalue weighted by molar-refractivity contribution is -0.161. The van der Waals surface area contributed by atoms with Gasteiger partial charge in [-0.1, -0.05) is 179 Å². The van der Waals surface area contributed by atoms with E-state index >= 15 is 0 Å². The van der Waals surface area contributed by atoms with Gasteiger partial charge < -0.3 is 14.4 Å². The quantitative estimate of drug-likeness (QED) is 0.0283. The van der Waals surface area contributed by atoms with Gasteiger partial charge in [-0.3, -0.25) is 18.6 Å². The van der Waals surface area contributed by atoms with Gasteiger partial charge in [-0.25, -0.2) is 4.57 Å². The number of ether oxygens (including phenoxy) is 2. The zero-order chi connectivity index (χ0) is 38.9. The molecule has 0 aromatic heterocycles. The Labute approximate surface area is 326 Å². The first-order valence-electron chi connectivity index (χ1n) is 22.1. The van der Waals surface area contributed by atoms with Crippen LogP contribution in [0.1, 0.15) is 220 Å². The summed E-state index contributed by atoms with van der Waals surface area (Å²) in [5.41, 5.74) is 0. The smallest absolute Gasteiger partial charge is 0.462 e. The minimum absolute atomic E-state index is 0.00157. The van der Waals surface area contributed by atoms with Crippen LogP contribution in [0.15, 0.2) is 24.3 Å². The van der Waals surface area contributed by atoms with Crippen molar-refractivity contribution >= 4 is 19.8 Å². The van der Waals surface area contributed by atoms with E-state index in [1.807, 2.05) is 0 Å². The number of carbonyl (C=O) groups excluding carboxylic acids is 2. The SMILES string of the molecule is CCCCC/C=C\C/C=C\CCCCCCCCCCCC(=O)OC(COC(=O)CCCCCCCCCCCCCCCC)COP(=O)(O)OCC. The van der Waals surface area contributed by atoms with Gasteiger partial charge in [0.1, 0.15) is 6.61 Å². The van der Waals surface area contributed by atoms with Crippen molar-refractivity contribution < 1.29 is 37.6 Å². The van der Waals surface area contributed by atoms with E-state index in [4.69, 9.17) is 18.5 Å². The fourth-order valence-electron chi connectivity index (χ4n) is 6.25. The van der Waals surface area contributed by atoms with Crippen LogP contribution in [0.25, 0.3) is 0 Å². The molecular weight excluding hydrogens is 687 g/mol. The van der Waals surface area contributed by atoms with Gasteiger partial charge in [0.15, 0.2) is 6.10 Å². The van der Waals surface area contributed by atoms with Gasteiger partial charge in [0.2, 0.25) is 0 Å². The second kappa shape index (κ2) is 40.2. The van der Waals surface area contributed by atoms with Crippen LogP contribution in [0.5, 0.6) is 0 Å². The Morgan fingerprint density at radius 3 is 1.38 bits per heavy atom. The molecule has 0 aromatic rings. The molecule has 1 N–H and O–H groups in total. The van der Waals surface area contributed by atoms with Crippen LogP contribution in [0, 0.1) is 0 Å². The molecule has 312 valence electrons. The highest BCUT2D eigenvalue weighted by Crippen LogP contribution is 2.43. The van der Waals surface area contributed by atoms with Crippen molar-refractivity contribution in [3.05, 3.63) is 24.3 Å². The maximum atomic E-state index is 12.6. The largest absolute Gasteiger partial charge is 0.472 e. The fraction of sp³-hybridized carbons (Fsp3) is 0.864. The van der Waals surface area contributed by atoms with Crippen molar-refractivity contribution in [2.45, 2.75) is 226 Å². The lowest BCUT2D eigenvalue weighted by Crippen LogP contribution is -2.29. The van der Waals surface area contributed by atoms with Gasteiger partial charge in [0.05, 0.1) is 13.2 Å². The second-order valence-electron chi connectivity index (χ2n) is 14.7. The Kier molecular flexibility index (Phi) is 39.1. The summed E-state index contributed by atoms with van der Waals surface area (Å²) in [6.45, 7) is 5.47. The number of rotatable bonds is 41. The number of allylic oxidation sites excluding steroid dienone is 4. The molecule has 2 unspecified atom stereocenters. The van der Waals surface area contributed by atoms with Crippen LogP contribution in [0.4, 0.5) is 0 Å². The Bertz CT molecular complexity index is 921. The summed E-state index contributed by atoms with van der Waals surface area (Å²) >= 11 is 0. The molecule has 0 rings (SSSR count). The van der Waals surface area contributed by atoms with Crippen LogP contribution < -0.4 is 0 Å². The molecule has 0 saturated carbocycles. The van der Waals surface area contributed by atoms with Gasteiger partial charge in [-0.15, -0.1) is 0 Å². The van der Waals surface area contributed by atoms with Crippen LogP contribution in [-0.2, 0) is 32.7 Å². The van der Waals surface area contributed by atoms with Crippen LogP contribution in [-0.4, -0.2) is 42.8 Å². The zero-order valence-electron chi connectivity index (χ0n) is 34.7. The summed E-state index contributed by atoms with van der Waals surface area (Å²) < 4.78 is 32.7. The first-order chi connectivity index (χ1) is 25.8. The summed E-state index contributed by atoms with van der Waals surface area (Å²) in [4.78, 5) is 34.7. The van der Waals surface area contributed by atoms with Crippen molar-refractivity contribution in [2.24, 2.45) is 0 Å². The predicted molar refractivity (Wildman–Crippen MR) is 221 cm³/mol. The average Bonchev–Trinajstić information content (AvgIpc) is 3.13. The molecule has 8 nitrogen and oxygen atoms in total. The van der Waals surface area contributed by atoms with Crippen molar-refractivity contribution in [3.63, 3.8) is 0 Å². The Hall–Kier alpha value is -1.47. The van der Waals surface area contributed by atoms with Crippen molar-refractivity contribution in [1.82, 2.24) is 0 Å². The van der Waals surface area contributed by atoms with E-state index in [9.17, 15) is 19.0 Å². The molecule has 0 bridgehead atoms. The topological polar surface area (TPSA) is 108 Å². The average molecular weight is 771 g/mol. The van der Waals surface area contributed by atoms with Gasteiger partial charge in [0.25, 0.3) is 0 Å². The van der Waals surface area contributed by atoms with Crippen LogP contribution in [0.2, 0.25) is 0 Å². The van der Waals surface area contributed by atoms with Crippen molar-refractivity contribution in [1.29, 1.82) is 0 Å². The maximum absolute atomic E-state index is 12.6. The number of hydrogen-bond acceptors (Lipinski definition) is 7. The number of esters is 2. The van der Waals surface area contributed by atoms with E-state index in [1.54, 1.807) is 6.92 Å². The first-order valence-corrected chi connectivity index (χ1v) is 23.6. The van der Waals surface area contributed by atoms with E-state index < -0.39 is 26.5 Å². The lowest BCUT2D eigenvalue weighted by atomic mass is 10.0. The van der Waals surface area contributed by atoms with E-state index in [1.165, 1.54) is 135 Å². The first kappa shape index (κ1) is 51.5. The molecule has 2 atom stereocenters. The molecule has 0 aromatic carbocycles. The molecule has 0 heterocycles. The molecule has 53 heavy (non-hydrogen) atoms. The summed E-state index contributed by atoms with van der Waals surface area (Å²) in [6, 6.07) is 0. The van der Waals surface area contributed by atoms with Gasteiger partial charge >= 0.3 is 19.8 Å². The molecule has 0 aliphatic heterocycles. The normalized spacial score (nSPS) is 13.5. The lowest BCUT2D eigenvalue weighted by Gasteiger charge is -2.19. The van der Waals surface area contributed by atoms with E-state index in [-0.39, 0.29) is 25.6 Å². The summed E-state index contributed by atoms with van der Waals surface area (Å²) in [5, 5.41) is 0. The highest BCUT2D eigenvalue weighted by atomic mass is 31.2.